The molecule has 4 heteroatoms. The van der Waals surface area contributed by atoms with Crippen LogP contribution in [0.3, 0.4) is 0 Å². The lowest BCUT2D eigenvalue weighted by Crippen LogP contribution is -2.48. The lowest BCUT2D eigenvalue weighted by molar-refractivity contribution is 0.145. The third kappa shape index (κ3) is 5.03. The van der Waals surface area contributed by atoms with Crippen LogP contribution in [-0.2, 0) is 0 Å². The van der Waals surface area contributed by atoms with Gasteiger partial charge in [-0.05, 0) is 33.4 Å². The molecule has 1 fully saturated rings. The monoisotopic (exact) mass is 238 g/mol. The zero-order valence-electron chi connectivity index (χ0n) is 11.5. The van der Waals surface area contributed by atoms with Crippen molar-refractivity contribution in [1.29, 1.82) is 5.26 Å². The zero-order chi connectivity index (χ0) is 12.7. The minimum Gasteiger partial charge on any atom is -0.304 e. The van der Waals surface area contributed by atoms with Gasteiger partial charge in [0, 0.05) is 32.7 Å². The first-order valence-electron chi connectivity index (χ1n) is 6.67. The molecule has 1 unspecified atom stereocenters. The Balaban J connectivity index is 2.30. The van der Waals surface area contributed by atoms with E-state index in [1.165, 1.54) is 0 Å². The first-order chi connectivity index (χ1) is 8.09. The van der Waals surface area contributed by atoms with E-state index in [1.54, 1.807) is 0 Å². The van der Waals surface area contributed by atoms with Crippen molar-refractivity contribution in [2.45, 2.75) is 32.2 Å². The smallest absolute Gasteiger partial charge is 0.105 e. The molecule has 1 aliphatic heterocycles. The maximum absolute atomic E-state index is 9.24. The molecule has 0 saturated carbocycles. The molecule has 0 spiro atoms. The highest BCUT2D eigenvalue weighted by molar-refractivity contribution is 5.04. The number of nitrogens with zero attached hydrogens (tertiary/aromatic N) is 3. The van der Waals surface area contributed by atoms with Crippen molar-refractivity contribution in [3.8, 4) is 6.07 Å². The van der Waals surface area contributed by atoms with Gasteiger partial charge < -0.3 is 9.80 Å². The summed E-state index contributed by atoms with van der Waals surface area (Å²) >= 11 is 0. The number of piperazine rings is 1. The molecule has 1 rings (SSSR count). The number of nitrogens with one attached hydrogen (secondary N) is 1. The van der Waals surface area contributed by atoms with Crippen LogP contribution < -0.4 is 5.32 Å². The Morgan fingerprint density at radius 2 is 1.94 bits per heavy atom. The third-order valence-corrected chi connectivity index (χ3v) is 3.54. The highest BCUT2D eigenvalue weighted by atomic mass is 15.2. The maximum atomic E-state index is 9.24. The van der Waals surface area contributed by atoms with Crippen LogP contribution >= 0.6 is 0 Å². The number of likely N-dealkylation sites (N-methyl/N-ethyl adjacent to an activating group) is 1. The van der Waals surface area contributed by atoms with Crippen LogP contribution in [-0.4, -0.2) is 61.7 Å². The van der Waals surface area contributed by atoms with Gasteiger partial charge in [-0.2, -0.15) is 5.26 Å². The van der Waals surface area contributed by atoms with Crippen molar-refractivity contribution < 1.29 is 0 Å². The van der Waals surface area contributed by atoms with Gasteiger partial charge in [0.2, 0.25) is 0 Å². The van der Waals surface area contributed by atoms with Crippen LogP contribution in [0.2, 0.25) is 0 Å². The fourth-order valence-corrected chi connectivity index (χ4v) is 2.04. The van der Waals surface area contributed by atoms with Crippen LogP contribution in [0.1, 0.15) is 26.7 Å². The van der Waals surface area contributed by atoms with Crippen molar-refractivity contribution in [2.75, 3.05) is 46.3 Å². The molecule has 1 atom stereocenters. The molecule has 0 radical (unpaired) electrons. The summed E-state index contributed by atoms with van der Waals surface area (Å²) in [5.74, 6) is 0. The van der Waals surface area contributed by atoms with Crippen LogP contribution in [0.25, 0.3) is 0 Å². The zero-order valence-corrected chi connectivity index (χ0v) is 11.5. The first-order valence-corrected chi connectivity index (χ1v) is 6.67. The molecule has 1 N–H and O–H groups in total. The molecule has 0 aromatic rings. The number of hydrogen-bond acceptors (Lipinski definition) is 4. The molecular formula is C13H26N4. The Morgan fingerprint density at radius 3 is 2.47 bits per heavy atom. The van der Waals surface area contributed by atoms with Crippen molar-refractivity contribution in [2.24, 2.45) is 0 Å². The highest BCUT2D eigenvalue weighted by Gasteiger charge is 2.24. The summed E-state index contributed by atoms with van der Waals surface area (Å²) in [6, 6.07) is 2.41. The average molecular weight is 238 g/mol. The van der Waals surface area contributed by atoms with E-state index in [0.29, 0.717) is 0 Å². The molecule has 1 heterocycles. The summed E-state index contributed by atoms with van der Waals surface area (Å²) in [7, 11) is 2.17. The van der Waals surface area contributed by atoms with E-state index in [-0.39, 0.29) is 5.54 Å². The SMILES string of the molecule is CCCNC(C)(C#N)CCN1CCN(C)CC1. The molecule has 1 aliphatic rings. The van der Waals surface area contributed by atoms with Gasteiger partial charge in [-0.15, -0.1) is 0 Å². The Bertz CT molecular complexity index is 253. The van der Waals surface area contributed by atoms with Crippen molar-refractivity contribution >= 4 is 0 Å². The Morgan fingerprint density at radius 1 is 1.29 bits per heavy atom. The van der Waals surface area contributed by atoms with E-state index < -0.39 is 0 Å². The molecular weight excluding hydrogens is 212 g/mol. The highest BCUT2D eigenvalue weighted by Crippen LogP contribution is 2.10. The van der Waals surface area contributed by atoms with Gasteiger partial charge in [-0.1, -0.05) is 6.92 Å². The molecule has 0 amide bonds. The third-order valence-electron chi connectivity index (χ3n) is 3.54. The predicted octanol–water partition coefficient (Wildman–Crippen LogP) is 0.906. The second-order valence-corrected chi connectivity index (χ2v) is 5.27. The largest absolute Gasteiger partial charge is 0.304 e. The van der Waals surface area contributed by atoms with Gasteiger partial charge in [0.1, 0.15) is 5.54 Å². The van der Waals surface area contributed by atoms with Crippen LogP contribution in [0.5, 0.6) is 0 Å². The molecule has 0 aromatic carbocycles. The average Bonchev–Trinajstić information content (AvgIpc) is 2.36. The summed E-state index contributed by atoms with van der Waals surface area (Å²) < 4.78 is 0. The summed E-state index contributed by atoms with van der Waals surface area (Å²) in [5, 5.41) is 12.6. The molecule has 0 bridgehead atoms. The topological polar surface area (TPSA) is 42.3 Å². The Hall–Kier alpha value is -0.630. The minimum atomic E-state index is -0.362. The Kier molecular flexibility index (Phi) is 5.90. The lowest BCUT2D eigenvalue weighted by Gasteiger charge is -2.34. The normalized spacial score (nSPS) is 22.0. The van der Waals surface area contributed by atoms with E-state index in [2.05, 4.69) is 35.2 Å². The van der Waals surface area contributed by atoms with Crippen molar-refractivity contribution in [1.82, 2.24) is 15.1 Å². The van der Waals surface area contributed by atoms with Crippen molar-refractivity contribution in [3.63, 3.8) is 0 Å². The quantitative estimate of drug-likeness (QED) is 0.747. The molecule has 1 saturated heterocycles. The fourth-order valence-electron chi connectivity index (χ4n) is 2.04. The van der Waals surface area contributed by atoms with Crippen molar-refractivity contribution in [3.05, 3.63) is 0 Å². The molecule has 0 aliphatic carbocycles. The summed E-state index contributed by atoms with van der Waals surface area (Å²) in [6.07, 6.45) is 1.99. The van der Waals surface area contributed by atoms with E-state index >= 15 is 0 Å². The summed E-state index contributed by atoms with van der Waals surface area (Å²) in [4.78, 5) is 4.82. The van der Waals surface area contributed by atoms with E-state index in [0.717, 1.165) is 52.1 Å². The molecule has 0 aromatic heterocycles. The van der Waals surface area contributed by atoms with Gasteiger partial charge in [-0.3, -0.25) is 5.32 Å². The number of hydrogen-bond donors (Lipinski definition) is 1. The predicted molar refractivity (Wildman–Crippen MR) is 70.9 cm³/mol. The Labute approximate surface area is 106 Å². The van der Waals surface area contributed by atoms with Crippen LogP contribution in [0, 0.1) is 11.3 Å². The lowest BCUT2D eigenvalue weighted by atomic mass is 9.99. The molecule has 98 valence electrons. The first kappa shape index (κ1) is 14.4. The van der Waals surface area contributed by atoms with Crippen LogP contribution in [0.15, 0.2) is 0 Å². The van der Waals surface area contributed by atoms with Crippen LogP contribution in [0.4, 0.5) is 0 Å². The van der Waals surface area contributed by atoms with E-state index in [9.17, 15) is 5.26 Å². The molecule has 4 nitrogen and oxygen atoms in total. The molecule has 17 heavy (non-hydrogen) atoms. The van der Waals surface area contributed by atoms with E-state index in [1.807, 2.05) is 6.92 Å². The summed E-state index contributed by atoms with van der Waals surface area (Å²) in [5.41, 5.74) is -0.362. The second kappa shape index (κ2) is 6.95. The number of rotatable bonds is 6. The maximum Gasteiger partial charge on any atom is 0.105 e. The fraction of sp³-hybridized carbons (Fsp3) is 0.923. The number of nitriles is 1. The van der Waals surface area contributed by atoms with E-state index in [4.69, 9.17) is 0 Å². The second-order valence-electron chi connectivity index (χ2n) is 5.27. The van der Waals surface area contributed by atoms with Gasteiger partial charge in [-0.25, -0.2) is 0 Å². The standard InChI is InChI=1S/C13H26N4/c1-4-6-15-13(2,12-14)5-7-17-10-8-16(3)9-11-17/h15H,4-11H2,1-3H3. The summed E-state index contributed by atoms with van der Waals surface area (Å²) in [6.45, 7) is 10.6. The van der Waals surface area contributed by atoms with Gasteiger partial charge in [0.25, 0.3) is 0 Å². The van der Waals surface area contributed by atoms with Gasteiger partial charge >= 0.3 is 0 Å². The van der Waals surface area contributed by atoms with Gasteiger partial charge in [0.15, 0.2) is 0 Å². The van der Waals surface area contributed by atoms with Gasteiger partial charge in [0.05, 0.1) is 6.07 Å². The minimum absolute atomic E-state index is 0.362.